The summed E-state index contributed by atoms with van der Waals surface area (Å²) in [6.07, 6.45) is 10.9. The number of rotatable bonds is 9. The van der Waals surface area contributed by atoms with Crippen molar-refractivity contribution in [1.82, 2.24) is 29.7 Å². The van der Waals surface area contributed by atoms with E-state index in [0.717, 1.165) is 79.1 Å². The van der Waals surface area contributed by atoms with Crippen LogP contribution in [0, 0.1) is 12.8 Å². The molecule has 0 atom stereocenters. The highest BCUT2D eigenvalue weighted by Crippen LogP contribution is 2.32. The van der Waals surface area contributed by atoms with E-state index in [1.807, 2.05) is 17.7 Å². The Balaban J connectivity index is 1.04. The minimum atomic E-state index is -0.248. The van der Waals surface area contributed by atoms with Gasteiger partial charge < -0.3 is 10.2 Å². The maximum absolute atomic E-state index is 12.9. The monoisotopic (exact) mass is 560 g/mol. The third kappa shape index (κ3) is 5.94. The number of anilines is 3. The lowest BCUT2D eigenvalue weighted by Crippen LogP contribution is -2.33. The highest BCUT2D eigenvalue weighted by Gasteiger charge is 2.22. The molecule has 0 radical (unpaired) electrons. The van der Waals surface area contributed by atoms with Crippen LogP contribution in [0.3, 0.4) is 0 Å². The van der Waals surface area contributed by atoms with Crippen molar-refractivity contribution in [2.24, 2.45) is 5.92 Å². The molecule has 1 saturated heterocycles. The van der Waals surface area contributed by atoms with Crippen LogP contribution in [0.2, 0.25) is 0 Å². The molecule has 0 spiro atoms. The van der Waals surface area contributed by atoms with Gasteiger partial charge in [-0.25, -0.2) is 14.9 Å². The molecule has 1 aromatic carbocycles. The van der Waals surface area contributed by atoms with Crippen molar-refractivity contribution in [1.29, 1.82) is 0 Å². The van der Waals surface area contributed by atoms with Gasteiger partial charge in [0.1, 0.15) is 5.65 Å². The first-order valence-corrected chi connectivity index (χ1v) is 15.3. The smallest absolute Gasteiger partial charge is 0.341 e. The SMILES string of the molecule is Cc1cc(=O)n(C2CCCC2)c2nc(Nc3ccc(N4CCC(CCCSc5n[nH]c(=O)[nH]5)CC4)cc3)ncc12. The maximum Gasteiger partial charge on any atom is 0.341 e. The van der Waals surface area contributed by atoms with Gasteiger partial charge in [0.25, 0.3) is 5.56 Å². The molecule has 3 aromatic heterocycles. The van der Waals surface area contributed by atoms with Crippen LogP contribution in [0.15, 0.2) is 51.3 Å². The van der Waals surface area contributed by atoms with Gasteiger partial charge in [-0.3, -0.25) is 14.3 Å². The molecule has 0 bridgehead atoms. The highest BCUT2D eigenvalue weighted by atomic mass is 32.2. The minimum Gasteiger partial charge on any atom is -0.372 e. The van der Waals surface area contributed by atoms with Gasteiger partial charge in [-0.1, -0.05) is 24.6 Å². The molecular weight excluding hydrogens is 524 g/mol. The predicted molar refractivity (Wildman–Crippen MR) is 160 cm³/mol. The number of H-pyrrole nitrogens is 2. The second-order valence-corrected chi connectivity index (χ2v) is 12.1. The van der Waals surface area contributed by atoms with Crippen molar-refractivity contribution >= 4 is 40.1 Å². The van der Waals surface area contributed by atoms with Crippen LogP contribution >= 0.6 is 11.8 Å². The number of aromatic amines is 2. The molecule has 40 heavy (non-hydrogen) atoms. The number of piperidine rings is 1. The molecule has 10 nitrogen and oxygen atoms in total. The summed E-state index contributed by atoms with van der Waals surface area (Å²) in [5.41, 5.74) is 3.58. The van der Waals surface area contributed by atoms with E-state index < -0.39 is 0 Å². The predicted octanol–water partition coefficient (Wildman–Crippen LogP) is 5.16. The zero-order valence-electron chi connectivity index (χ0n) is 22.9. The molecular formula is C29H36N8O2S. The van der Waals surface area contributed by atoms with Crippen LogP contribution in [0.25, 0.3) is 11.0 Å². The summed E-state index contributed by atoms with van der Waals surface area (Å²) in [7, 11) is 0. The number of hydrogen-bond donors (Lipinski definition) is 3. The second kappa shape index (κ2) is 11.9. The quantitative estimate of drug-likeness (QED) is 0.189. The third-order valence-electron chi connectivity index (χ3n) is 8.27. The largest absolute Gasteiger partial charge is 0.372 e. The number of thioether (sulfide) groups is 1. The second-order valence-electron chi connectivity index (χ2n) is 11.0. The van der Waals surface area contributed by atoms with Gasteiger partial charge in [0.2, 0.25) is 5.95 Å². The Morgan fingerprint density at radius 1 is 1.07 bits per heavy atom. The Bertz CT molecular complexity index is 1560. The van der Waals surface area contributed by atoms with Gasteiger partial charge in [-0.2, -0.15) is 4.98 Å². The first kappa shape index (κ1) is 26.6. The Morgan fingerprint density at radius 3 is 2.58 bits per heavy atom. The highest BCUT2D eigenvalue weighted by molar-refractivity contribution is 7.99. The summed E-state index contributed by atoms with van der Waals surface area (Å²) >= 11 is 1.60. The number of benzene rings is 1. The first-order valence-electron chi connectivity index (χ1n) is 14.3. The molecule has 210 valence electrons. The topological polar surface area (TPSA) is 125 Å². The molecule has 2 fully saturated rings. The van der Waals surface area contributed by atoms with Crippen molar-refractivity contribution in [2.45, 2.75) is 69.5 Å². The first-order chi connectivity index (χ1) is 19.5. The zero-order chi connectivity index (χ0) is 27.5. The van der Waals surface area contributed by atoms with Gasteiger partial charge >= 0.3 is 5.69 Å². The molecule has 1 aliphatic carbocycles. The van der Waals surface area contributed by atoms with E-state index in [2.05, 4.69) is 54.6 Å². The fourth-order valence-electron chi connectivity index (χ4n) is 6.08. The normalized spacial score (nSPS) is 16.7. The number of pyridine rings is 1. The lowest BCUT2D eigenvalue weighted by Gasteiger charge is -2.33. The summed E-state index contributed by atoms with van der Waals surface area (Å²) < 4.78 is 1.88. The van der Waals surface area contributed by atoms with E-state index in [9.17, 15) is 9.59 Å². The Morgan fingerprint density at radius 2 is 1.85 bits per heavy atom. The molecule has 4 heterocycles. The number of nitrogens with zero attached hydrogens (tertiary/aromatic N) is 5. The summed E-state index contributed by atoms with van der Waals surface area (Å²) in [4.78, 5) is 38.5. The van der Waals surface area contributed by atoms with E-state index in [-0.39, 0.29) is 17.3 Å². The molecule has 11 heteroatoms. The Hall–Kier alpha value is -3.60. The number of nitrogens with one attached hydrogen (secondary N) is 3. The number of aryl methyl sites for hydroxylation is 1. The van der Waals surface area contributed by atoms with Crippen molar-refractivity contribution in [3.63, 3.8) is 0 Å². The third-order valence-corrected chi connectivity index (χ3v) is 9.23. The van der Waals surface area contributed by atoms with Gasteiger partial charge in [0.05, 0.1) is 0 Å². The molecule has 3 N–H and O–H groups in total. The molecule has 0 amide bonds. The summed E-state index contributed by atoms with van der Waals surface area (Å²) in [6, 6.07) is 10.4. The van der Waals surface area contributed by atoms with Crippen molar-refractivity contribution in [2.75, 3.05) is 29.1 Å². The number of aromatic nitrogens is 6. The van der Waals surface area contributed by atoms with Gasteiger partial charge in [0, 0.05) is 53.9 Å². The van der Waals surface area contributed by atoms with Gasteiger partial charge in [-0.05, 0) is 81.2 Å². The van der Waals surface area contributed by atoms with Crippen molar-refractivity contribution in [3.8, 4) is 0 Å². The average Bonchev–Trinajstić information content (AvgIpc) is 3.64. The fourth-order valence-corrected chi connectivity index (χ4v) is 6.85. The molecule has 0 unspecified atom stereocenters. The number of hydrogen-bond acceptors (Lipinski definition) is 8. The molecule has 6 rings (SSSR count). The van der Waals surface area contributed by atoms with Crippen molar-refractivity contribution < 1.29 is 0 Å². The van der Waals surface area contributed by atoms with E-state index in [1.165, 1.54) is 24.9 Å². The molecule has 4 aromatic rings. The van der Waals surface area contributed by atoms with E-state index >= 15 is 0 Å². The van der Waals surface area contributed by atoms with E-state index in [0.29, 0.717) is 11.1 Å². The standard InChI is InChI=1S/C29H36N8O2S/c1-19-17-25(38)37(23-6-2-3-7-23)26-24(19)18-30-27(32-26)31-21-8-10-22(11-9-21)36-14-12-20(13-15-36)5-4-16-40-29-33-28(39)34-35-29/h8-11,17-18,20,23H,2-7,12-16H2,1H3,(H,30,31,32)(H2,33,34,35,39). The summed E-state index contributed by atoms with van der Waals surface area (Å²) in [5, 5.41) is 11.3. The molecule has 2 aliphatic rings. The van der Waals surface area contributed by atoms with Crippen LogP contribution < -0.4 is 21.5 Å². The van der Waals surface area contributed by atoms with Crippen LogP contribution in [-0.2, 0) is 0 Å². The zero-order valence-corrected chi connectivity index (χ0v) is 23.7. The van der Waals surface area contributed by atoms with Crippen LogP contribution in [0.5, 0.6) is 0 Å². The average molecular weight is 561 g/mol. The lowest BCUT2D eigenvalue weighted by atomic mass is 9.92. The van der Waals surface area contributed by atoms with Gasteiger partial charge in [-0.15, -0.1) is 5.10 Å². The molecule has 1 saturated carbocycles. The van der Waals surface area contributed by atoms with Crippen LogP contribution in [0.4, 0.5) is 17.3 Å². The van der Waals surface area contributed by atoms with E-state index in [4.69, 9.17) is 4.98 Å². The van der Waals surface area contributed by atoms with Crippen LogP contribution in [0.1, 0.15) is 63.0 Å². The Kier molecular flexibility index (Phi) is 7.90. The van der Waals surface area contributed by atoms with Crippen LogP contribution in [-0.4, -0.2) is 48.6 Å². The van der Waals surface area contributed by atoms with Gasteiger partial charge in [0.15, 0.2) is 5.16 Å². The minimum absolute atomic E-state index is 0.0279. The van der Waals surface area contributed by atoms with Crippen molar-refractivity contribution in [3.05, 3.63) is 62.9 Å². The summed E-state index contributed by atoms with van der Waals surface area (Å²) in [5.74, 6) is 2.22. The molecule has 1 aliphatic heterocycles. The number of fused-ring (bicyclic) bond motifs is 1. The maximum atomic E-state index is 12.9. The lowest BCUT2D eigenvalue weighted by molar-refractivity contribution is 0.379. The summed E-state index contributed by atoms with van der Waals surface area (Å²) in [6.45, 7) is 4.07. The van der Waals surface area contributed by atoms with E-state index in [1.54, 1.807) is 17.8 Å². The fraction of sp³-hybridized carbons (Fsp3) is 0.483. The Labute approximate surface area is 237 Å².